The molecule has 1 aliphatic rings. The summed E-state index contributed by atoms with van der Waals surface area (Å²) < 4.78 is 10.1. The van der Waals surface area contributed by atoms with Gasteiger partial charge in [0.15, 0.2) is 0 Å². The van der Waals surface area contributed by atoms with Gasteiger partial charge in [-0.2, -0.15) is 0 Å². The Labute approximate surface area is 128 Å². The van der Waals surface area contributed by atoms with E-state index < -0.39 is 0 Å². The molecule has 1 fully saturated rings. The Kier molecular flexibility index (Phi) is 4.29. The number of carbonyl (C=O) groups is 1. The maximum atomic E-state index is 11.6. The molecule has 0 unspecified atom stereocenters. The third kappa shape index (κ3) is 3.07. The molecule has 1 aliphatic heterocycles. The van der Waals surface area contributed by atoms with Crippen LogP contribution in [0, 0.1) is 0 Å². The van der Waals surface area contributed by atoms with Crippen LogP contribution in [-0.4, -0.2) is 49.4 Å². The molecule has 0 atom stereocenters. The van der Waals surface area contributed by atoms with E-state index in [0.717, 1.165) is 24.3 Å². The van der Waals surface area contributed by atoms with Crippen molar-refractivity contribution in [3.63, 3.8) is 0 Å². The van der Waals surface area contributed by atoms with Crippen molar-refractivity contribution in [2.24, 2.45) is 0 Å². The Bertz CT molecular complexity index is 669. The number of carbonyl (C=O) groups excluding carboxylic acids is 1. The molecule has 3 rings (SSSR count). The molecule has 0 bridgehead atoms. The molecule has 22 heavy (non-hydrogen) atoms. The van der Waals surface area contributed by atoms with Crippen LogP contribution in [0.4, 0.5) is 5.95 Å². The molecule has 0 N–H and O–H groups in total. The Morgan fingerprint density at radius 3 is 2.86 bits per heavy atom. The summed E-state index contributed by atoms with van der Waals surface area (Å²) in [4.78, 5) is 22.7. The van der Waals surface area contributed by atoms with Gasteiger partial charge in [-0.15, -0.1) is 0 Å². The zero-order chi connectivity index (χ0) is 15.4. The molecule has 114 valence electrons. The minimum absolute atomic E-state index is 0.357. The molecular weight excluding hydrogens is 282 g/mol. The smallest absolute Gasteiger partial charge is 0.337 e. The summed E-state index contributed by atoms with van der Waals surface area (Å²) in [7, 11) is 1.37. The Morgan fingerprint density at radius 2 is 2.09 bits per heavy atom. The average Bonchev–Trinajstić information content (AvgIpc) is 2.62. The molecule has 6 heteroatoms. The number of morpholine rings is 1. The molecule has 0 aliphatic carbocycles. The number of methoxy groups -OCH3 is 1. The highest BCUT2D eigenvalue weighted by molar-refractivity contribution is 5.90. The largest absolute Gasteiger partial charge is 0.465 e. The van der Waals surface area contributed by atoms with Crippen molar-refractivity contribution < 1.29 is 14.3 Å². The van der Waals surface area contributed by atoms with Crippen molar-refractivity contribution in [1.82, 2.24) is 9.97 Å². The number of hydrogen-bond acceptors (Lipinski definition) is 6. The molecule has 0 radical (unpaired) electrons. The predicted molar refractivity (Wildman–Crippen MR) is 81.8 cm³/mol. The van der Waals surface area contributed by atoms with Crippen LogP contribution in [0.3, 0.4) is 0 Å². The number of benzene rings is 1. The van der Waals surface area contributed by atoms with E-state index in [9.17, 15) is 4.79 Å². The summed E-state index contributed by atoms with van der Waals surface area (Å²) >= 11 is 0. The fraction of sp³-hybridized carbons (Fsp3) is 0.312. The van der Waals surface area contributed by atoms with Crippen molar-refractivity contribution in [3.8, 4) is 11.3 Å². The quantitative estimate of drug-likeness (QED) is 0.805. The number of hydrogen-bond donors (Lipinski definition) is 0. The topological polar surface area (TPSA) is 64.5 Å². The first kappa shape index (κ1) is 14.5. The van der Waals surface area contributed by atoms with Crippen molar-refractivity contribution in [2.75, 3.05) is 38.3 Å². The fourth-order valence-electron chi connectivity index (χ4n) is 2.35. The highest BCUT2D eigenvalue weighted by Crippen LogP contribution is 2.21. The van der Waals surface area contributed by atoms with Gasteiger partial charge in [0.25, 0.3) is 0 Å². The minimum Gasteiger partial charge on any atom is -0.465 e. The van der Waals surface area contributed by atoms with Crippen LogP contribution in [0.25, 0.3) is 11.3 Å². The fourth-order valence-corrected chi connectivity index (χ4v) is 2.35. The van der Waals surface area contributed by atoms with Crippen molar-refractivity contribution >= 4 is 11.9 Å². The van der Waals surface area contributed by atoms with E-state index in [1.54, 1.807) is 18.3 Å². The number of nitrogens with zero attached hydrogens (tertiary/aromatic N) is 3. The van der Waals surface area contributed by atoms with Crippen molar-refractivity contribution in [1.29, 1.82) is 0 Å². The molecule has 6 nitrogen and oxygen atoms in total. The van der Waals surface area contributed by atoms with E-state index in [1.807, 2.05) is 18.2 Å². The predicted octanol–water partition coefficient (Wildman–Crippen LogP) is 1.77. The van der Waals surface area contributed by atoms with Gasteiger partial charge >= 0.3 is 5.97 Å². The number of ether oxygens (including phenoxy) is 2. The second kappa shape index (κ2) is 6.53. The molecule has 0 spiro atoms. The van der Waals surface area contributed by atoms with Crippen molar-refractivity contribution in [2.45, 2.75) is 0 Å². The van der Waals surface area contributed by atoms with Gasteiger partial charge in [-0.05, 0) is 18.2 Å². The molecule has 1 aromatic heterocycles. The minimum atomic E-state index is -0.357. The molecule has 1 saturated heterocycles. The lowest BCUT2D eigenvalue weighted by Crippen LogP contribution is -2.37. The van der Waals surface area contributed by atoms with Crippen LogP contribution in [-0.2, 0) is 9.47 Å². The van der Waals surface area contributed by atoms with Crippen molar-refractivity contribution in [3.05, 3.63) is 42.1 Å². The van der Waals surface area contributed by atoms with Gasteiger partial charge in [-0.25, -0.2) is 14.8 Å². The normalized spacial score (nSPS) is 14.7. The molecule has 2 heterocycles. The van der Waals surface area contributed by atoms with Gasteiger partial charge in [-0.1, -0.05) is 12.1 Å². The first-order valence-electron chi connectivity index (χ1n) is 7.12. The Morgan fingerprint density at radius 1 is 1.27 bits per heavy atom. The van der Waals surface area contributed by atoms with Gasteiger partial charge in [0.05, 0.1) is 31.6 Å². The second-order valence-corrected chi connectivity index (χ2v) is 4.91. The van der Waals surface area contributed by atoms with Crippen LogP contribution in [0.1, 0.15) is 10.4 Å². The second-order valence-electron chi connectivity index (χ2n) is 4.91. The highest BCUT2D eigenvalue weighted by Gasteiger charge is 2.15. The molecule has 2 aromatic rings. The lowest BCUT2D eigenvalue weighted by atomic mass is 10.1. The monoisotopic (exact) mass is 299 g/mol. The van der Waals surface area contributed by atoms with Gasteiger partial charge in [0.1, 0.15) is 0 Å². The summed E-state index contributed by atoms with van der Waals surface area (Å²) in [5, 5.41) is 0. The third-order valence-electron chi connectivity index (χ3n) is 3.52. The van der Waals surface area contributed by atoms with Crippen LogP contribution < -0.4 is 4.90 Å². The number of anilines is 1. The van der Waals surface area contributed by atoms with Crippen LogP contribution in [0.5, 0.6) is 0 Å². The zero-order valence-corrected chi connectivity index (χ0v) is 12.4. The summed E-state index contributed by atoms with van der Waals surface area (Å²) in [6.45, 7) is 2.94. The summed E-state index contributed by atoms with van der Waals surface area (Å²) in [5.74, 6) is 0.327. The molecule has 1 aromatic carbocycles. The highest BCUT2D eigenvalue weighted by atomic mass is 16.5. The lowest BCUT2D eigenvalue weighted by Gasteiger charge is -2.26. The molecule has 0 saturated carbocycles. The van der Waals surface area contributed by atoms with Gasteiger partial charge in [-0.3, -0.25) is 0 Å². The zero-order valence-electron chi connectivity index (χ0n) is 12.4. The third-order valence-corrected chi connectivity index (χ3v) is 3.52. The van der Waals surface area contributed by atoms with E-state index >= 15 is 0 Å². The standard InChI is InChI=1S/C16H17N3O3/c1-21-15(20)13-4-2-3-12(11-13)14-5-6-17-16(18-14)19-7-9-22-10-8-19/h2-6,11H,7-10H2,1H3. The molecular formula is C16H17N3O3. The summed E-state index contributed by atoms with van der Waals surface area (Å²) in [6, 6.07) is 9.06. The number of esters is 1. The SMILES string of the molecule is COC(=O)c1cccc(-c2ccnc(N3CCOCC3)n2)c1. The average molecular weight is 299 g/mol. The van der Waals surface area contributed by atoms with E-state index in [1.165, 1.54) is 7.11 Å². The summed E-state index contributed by atoms with van der Waals surface area (Å²) in [6.07, 6.45) is 1.73. The van der Waals surface area contributed by atoms with Gasteiger partial charge in [0.2, 0.25) is 5.95 Å². The van der Waals surface area contributed by atoms with E-state index in [-0.39, 0.29) is 5.97 Å². The summed E-state index contributed by atoms with van der Waals surface area (Å²) in [5.41, 5.74) is 2.15. The first-order valence-corrected chi connectivity index (χ1v) is 7.12. The van der Waals surface area contributed by atoms with Crippen LogP contribution in [0.2, 0.25) is 0 Å². The maximum Gasteiger partial charge on any atom is 0.337 e. The van der Waals surface area contributed by atoms with Gasteiger partial charge < -0.3 is 14.4 Å². The van der Waals surface area contributed by atoms with Crippen LogP contribution >= 0.6 is 0 Å². The van der Waals surface area contributed by atoms with E-state index in [2.05, 4.69) is 14.9 Å². The van der Waals surface area contributed by atoms with E-state index in [4.69, 9.17) is 9.47 Å². The lowest BCUT2D eigenvalue weighted by molar-refractivity contribution is 0.0601. The van der Waals surface area contributed by atoms with Crippen LogP contribution in [0.15, 0.2) is 36.5 Å². The van der Waals surface area contributed by atoms with Gasteiger partial charge in [0, 0.05) is 24.8 Å². The Balaban J connectivity index is 1.90. The number of aromatic nitrogens is 2. The molecule has 0 amide bonds. The Hall–Kier alpha value is -2.47. The number of rotatable bonds is 3. The van der Waals surface area contributed by atoms with E-state index in [0.29, 0.717) is 24.7 Å². The first-order chi connectivity index (χ1) is 10.8. The maximum absolute atomic E-state index is 11.6.